The Labute approximate surface area is 73.5 Å². The fraction of sp³-hybridized carbons (Fsp3) is 0.667. The first-order valence-electron chi connectivity index (χ1n) is 2.12. The third-order valence-electron chi connectivity index (χ3n) is 0.574. The molecule has 1 nitrogen and oxygen atoms in total. The number of hydrogen-bond acceptors (Lipinski definition) is 1. The minimum absolute atomic E-state index is 0.232. The molecule has 0 aliphatic carbocycles. The molecule has 0 aliphatic rings. The van der Waals surface area contributed by atoms with Gasteiger partial charge in [-0.15, -0.1) is 0 Å². The predicted molar refractivity (Wildman–Crippen MR) is 43.8 cm³/mol. The standard InChI is InChI=1S/C3H4Cl4GeO/c4-3(2-9)1-8(5,6)7/h2-3H,1H2. The Morgan fingerprint density at radius 2 is 1.89 bits per heavy atom. The van der Waals surface area contributed by atoms with Crippen LogP contribution >= 0.6 is 41.6 Å². The third kappa shape index (κ3) is 7.27. The van der Waals surface area contributed by atoms with E-state index in [9.17, 15) is 4.79 Å². The van der Waals surface area contributed by atoms with Crippen LogP contribution in [0, 0.1) is 0 Å². The summed E-state index contributed by atoms with van der Waals surface area (Å²) in [7, 11) is 13.3. The van der Waals surface area contributed by atoms with E-state index < -0.39 is 15.9 Å². The molecule has 6 heteroatoms. The zero-order chi connectivity index (χ0) is 7.49. The molecule has 0 aromatic carbocycles. The summed E-state index contributed by atoms with van der Waals surface area (Å²) in [5.74, 6) is 0. The molecule has 0 N–H and O–H groups in total. The van der Waals surface area contributed by atoms with Crippen molar-refractivity contribution >= 4 is 58.4 Å². The molecule has 0 rings (SSSR count). The second-order valence-corrected chi connectivity index (χ2v) is 18.5. The van der Waals surface area contributed by atoms with Gasteiger partial charge in [-0.3, -0.25) is 0 Å². The fourth-order valence-corrected chi connectivity index (χ4v) is 6.42. The van der Waals surface area contributed by atoms with Gasteiger partial charge in [0.2, 0.25) is 0 Å². The second-order valence-electron chi connectivity index (χ2n) is 1.47. The second kappa shape index (κ2) is 4.29. The normalized spacial score (nSPS) is 15.1. The van der Waals surface area contributed by atoms with Crippen molar-refractivity contribution in [2.75, 3.05) is 0 Å². The van der Waals surface area contributed by atoms with Gasteiger partial charge in [0.25, 0.3) is 0 Å². The van der Waals surface area contributed by atoms with E-state index in [4.69, 9.17) is 41.6 Å². The average molecular weight is 270 g/mol. The van der Waals surface area contributed by atoms with E-state index in [-0.39, 0.29) is 5.25 Å². The van der Waals surface area contributed by atoms with Crippen molar-refractivity contribution in [3.8, 4) is 0 Å². The summed E-state index contributed by atoms with van der Waals surface area (Å²) in [6.07, 6.45) is 0.578. The molecule has 0 spiro atoms. The van der Waals surface area contributed by atoms with Gasteiger partial charge in [0.15, 0.2) is 0 Å². The first-order valence-corrected chi connectivity index (χ1v) is 12.3. The molecular weight excluding hydrogens is 266 g/mol. The summed E-state index contributed by atoms with van der Waals surface area (Å²) in [6, 6.07) is 0. The van der Waals surface area contributed by atoms with Gasteiger partial charge in [0.1, 0.15) is 0 Å². The Hall–Kier alpha value is 1.37. The molecule has 0 saturated heterocycles. The molecule has 9 heavy (non-hydrogen) atoms. The number of aldehydes is 1. The summed E-state index contributed by atoms with van der Waals surface area (Å²) >= 11 is 5.38. The number of carbonyl (C=O) groups is 1. The van der Waals surface area contributed by atoms with Gasteiger partial charge in [-0.1, -0.05) is 0 Å². The van der Waals surface area contributed by atoms with E-state index in [2.05, 4.69) is 0 Å². The topological polar surface area (TPSA) is 17.1 Å². The van der Waals surface area contributed by atoms with Crippen LogP contribution in [0.2, 0.25) is 5.25 Å². The van der Waals surface area contributed by atoms with Gasteiger partial charge >= 0.3 is 73.8 Å². The van der Waals surface area contributed by atoms with Gasteiger partial charge in [-0.25, -0.2) is 0 Å². The van der Waals surface area contributed by atoms with Gasteiger partial charge < -0.3 is 0 Å². The molecule has 0 saturated carbocycles. The number of halogens is 4. The maximum atomic E-state index is 9.90. The molecule has 0 fully saturated rings. The number of carbonyl (C=O) groups excluding carboxylic acids is 1. The van der Waals surface area contributed by atoms with Gasteiger partial charge in [-0.2, -0.15) is 0 Å². The van der Waals surface area contributed by atoms with E-state index in [1.165, 1.54) is 0 Å². The van der Waals surface area contributed by atoms with E-state index in [0.29, 0.717) is 6.29 Å². The molecule has 54 valence electrons. The monoisotopic (exact) mass is 270 g/mol. The van der Waals surface area contributed by atoms with Gasteiger partial charge in [-0.05, 0) is 0 Å². The van der Waals surface area contributed by atoms with Crippen LogP contribution in [0.25, 0.3) is 0 Å². The van der Waals surface area contributed by atoms with Crippen LogP contribution in [0.4, 0.5) is 0 Å². The summed E-state index contributed by atoms with van der Waals surface area (Å²) in [6.45, 7) is 0. The molecule has 0 aliphatic heterocycles. The number of hydrogen-bond donors (Lipinski definition) is 0. The Bertz CT molecular complexity index is 100. The number of rotatable bonds is 3. The molecular formula is C3H4Cl4GeO. The molecule has 0 heterocycles. The Balaban J connectivity index is 3.59. The molecule has 0 aromatic heterocycles. The van der Waals surface area contributed by atoms with E-state index >= 15 is 0 Å². The SMILES string of the molecule is O=CC(Cl)[CH2][Ge]([Cl])([Cl])[Cl]. The van der Waals surface area contributed by atoms with Crippen molar-refractivity contribution in [3.05, 3.63) is 0 Å². The first-order chi connectivity index (χ1) is 3.95. The average Bonchev–Trinajstić information content (AvgIpc) is 1.62. The molecule has 0 radical (unpaired) electrons. The van der Waals surface area contributed by atoms with Crippen LogP contribution < -0.4 is 0 Å². The Morgan fingerprint density at radius 1 is 1.44 bits per heavy atom. The third-order valence-corrected chi connectivity index (χ3v) is 5.67. The van der Waals surface area contributed by atoms with Gasteiger partial charge in [0.05, 0.1) is 0 Å². The van der Waals surface area contributed by atoms with Crippen molar-refractivity contribution in [1.29, 1.82) is 0 Å². The van der Waals surface area contributed by atoms with Crippen molar-refractivity contribution in [2.45, 2.75) is 10.6 Å². The summed E-state index contributed by atoms with van der Waals surface area (Å²) < 4.78 is 0. The summed E-state index contributed by atoms with van der Waals surface area (Å²) in [5, 5.41) is -0.395. The molecule has 1 unspecified atom stereocenters. The van der Waals surface area contributed by atoms with Crippen molar-refractivity contribution < 1.29 is 4.79 Å². The molecule has 0 amide bonds. The van der Waals surface area contributed by atoms with Crippen molar-refractivity contribution in [3.63, 3.8) is 0 Å². The fourth-order valence-electron chi connectivity index (χ4n) is 0.269. The van der Waals surface area contributed by atoms with Crippen LogP contribution in [-0.4, -0.2) is 22.1 Å². The van der Waals surface area contributed by atoms with Crippen LogP contribution in [-0.2, 0) is 4.79 Å². The summed E-state index contributed by atoms with van der Waals surface area (Å²) in [4.78, 5) is 9.90. The molecule has 0 bridgehead atoms. The number of alkyl halides is 1. The van der Waals surface area contributed by atoms with Crippen LogP contribution in [0.1, 0.15) is 0 Å². The zero-order valence-electron chi connectivity index (χ0n) is 4.28. The molecule has 1 atom stereocenters. The van der Waals surface area contributed by atoms with E-state index in [0.717, 1.165) is 0 Å². The minimum atomic E-state index is -3.13. The Morgan fingerprint density at radius 3 is 2.00 bits per heavy atom. The van der Waals surface area contributed by atoms with Crippen LogP contribution in [0.15, 0.2) is 0 Å². The Kier molecular flexibility index (Phi) is 4.95. The van der Waals surface area contributed by atoms with Crippen molar-refractivity contribution in [2.24, 2.45) is 0 Å². The first kappa shape index (κ1) is 10.4. The van der Waals surface area contributed by atoms with Crippen LogP contribution in [0.5, 0.6) is 0 Å². The van der Waals surface area contributed by atoms with Crippen LogP contribution in [0.3, 0.4) is 0 Å². The quantitative estimate of drug-likeness (QED) is 0.437. The van der Waals surface area contributed by atoms with Crippen molar-refractivity contribution in [1.82, 2.24) is 0 Å². The van der Waals surface area contributed by atoms with E-state index in [1.54, 1.807) is 0 Å². The van der Waals surface area contributed by atoms with E-state index in [1.807, 2.05) is 0 Å². The maximum absolute atomic E-state index is 9.90. The van der Waals surface area contributed by atoms with Gasteiger partial charge in [0, 0.05) is 0 Å². The molecule has 0 aromatic rings. The summed E-state index contributed by atoms with van der Waals surface area (Å²) in [5.41, 5.74) is 0. The predicted octanol–water partition coefficient (Wildman–Crippen LogP) is 2.45. The zero-order valence-corrected chi connectivity index (χ0v) is 9.40.